The number of unbranched alkanes of at least 4 members (excludes halogenated alkanes) is 23. The zero-order valence-corrected chi connectivity index (χ0v) is 69.9. The maximum atomic E-state index is 13.5. The van der Waals surface area contributed by atoms with E-state index < -0.39 is 292 Å². The molecule has 706 valence electrons. The molecule has 0 saturated carbocycles. The molecule has 0 aromatic heterocycles. The molecule has 41 heteroatoms. The van der Waals surface area contributed by atoms with Gasteiger partial charge in [-0.3, -0.25) is 14.4 Å². The fraction of sp³-hybridized carbons (Fsp3) is 0.938. The van der Waals surface area contributed by atoms with Crippen molar-refractivity contribution in [1.29, 1.82) is 0 Å². The number of amides is 3. The Labute approximate surface area is 705 Å². The number of allylic oxidation sites excluding steroid dienone is 1. The molecule has 7 fully saturated rings. The van der Waals surface area contributed by atoms with Gasteiger partial charge in [-0.15, -0.1) is 0 Å². The molecule has 7 aliphatic rings. The Balaban J connectivity index is 0.995. The molecule has 0 aromatic carbocycles. The van der Waals surface area contributed by atoms with Crippen molar-refractivity contribution in [3.8, 4) is 0 Å². The third-order valence-electron chi connectivity index (χ3n) is 23.3. The first-order chi connectivity index (χ1) is 58.1. The topological polar surface area (TPSA) is 641 Å². The first-order valence-electron chi connectivity index (χ1n) is 43.5. The fourth-order valence-electron chi connectivity index (χ4n) is 16.2. The van der Waals surface area contributed by atoms with Crippen LogP contribution in [0.25, 0.3) is 0 Å². The van der Waals surface area contributed by atoms with Crippen molar-refractivity contribution in [2.75, 3.05) is 52.9 Å². The van der Waals surface area contributed by atoms with Crippen molar-refractivity contribution >= 4 is 17.7 Å². The van der Waals surface area contributed by atoms with E-state index in [1.165, 1.54) is 96.3 Å². The normalized spacial score (nSPS) is 39.2. The van der Waals surface area contributed by atoms with Gasteiger partial charge in [0.2, 0.25) is 17.7 Å². The molecular weight excluding hydrogens is 1610 g/mol. The number of carbonyl (C=O) groups excluding carboxylic acids is 3. The van der Waals surface area contributed by atoms with Crippen LogP contribution < -0.4 is 16.0 Å². The second-order valence-corrected chi connectivity index (χ2v) is 32.8. The zero-order valence-electron chi connectivity index (χ0n) is 69.9. The molecule has 7 aliphatic heterocycles. The van der Waals surface area contributed by atoms with E-state index in [2.05, 4.69) is 29.8 Å². The van der Waals surface area contributed by atoms with Gasteiger partial charge in [-0.2, -0.15) is 0 Å². The van der Waals surface area contributed by atoms with E-state index in [-0.39, 0.29) is 12.3 Å². The first-order valence-corrected chi connectivity index (χ1v) is 43.5. The van der Waals surface area contributed by atoms with Gasteiger partial charge in [0.25, 0.3) is 0 Å². The Morgan fingerprint density at radius 3 is 0.967 bits per heavy atom. The molecule has 41 nitrogen and oxygen atoms in total. The number of hydrogen-bond donors (Lipinski definition) is 24. The quantitative estimate of drug-likeness (QED) is 0.0200. The van der Waals surface area contributed by atoms with Gasteiger partial charge in [-0.05, 0) is 19.3 Å². The SMILES string of the molecule is CCCCCCCCCCCCC/C=C/[C@@H](O)[C@H](CO[C@@H]1OC(CO)[C@@H](O[C@@H]2OC(CO)[C@H](O)[C@H](O[C@@H]3OC(CO)[C@@H](O[C@@H]4OC(CO)[C@H](O)[C@H](O[C@@H]5OC(CO)[C@@H](O[C@@H]6OC(CO)[C@H](O)[C@H](O[C@H]7OC(CO)[C@H](O)[C@H](O)C7O)C6O)[C@H](O)C5NC(C)=O)C4O)[C@H](O)C3NC(C)=O)C2O)[C@H](O)C1O)NC(=O)CCCCCCCCCCCCCCC. The lowest BCUT2D eigenvalue weighted by atomic mass is 9.93. The Hall–Kier alpha value is -3.25. The van der Waals surface area contributed by atoms with Crippen LogP contribution in [0.4, 0.5) is 0 Å². The Morgan fingerprint density at radius 1 is 0.322 bits per heavy atom. The predicted molar refractivity (Wildman–Crippen MR) is 417 cm³/mol. The van der Waals surface area contributed by atoms with E-state index in [0.29, 0.717) is 12.8 Å². The highest BCUT2D eigenvalue weighted by molar-refractivity contribution is 5.76. The second-order valence-electron chi connectivity index (χ2n) is 32.8. The lowest BCUT2D eigenvalue weighted by molar-refractivity contribution is -0.389. The average molecular weight is 1760 g/mol. The van der Waals surface area contributed by atoms with E-state index in [0.717, 1.165) is 65.2 Å². The number of rotatable bonds is 53. The summed E-state index contributed by atoms with van der Waals surface area (Å²) in [5, 5.41) is 242. The third kappa shape index (κ3) is 30.2. The molecule has 0 aliphatic carbocycles. The third-order valence-corrected chi connectivity index (χ3v) is 23.3. The molecule has 3 amide bonds. The Morgan fingerprint density at radius 2 is 0.612 bits per heavy atom. The van der Waals surface area contributed by atoms with Crippen molar-refractivity contribution in [3.05, 3.63) is 12.2 Å². The molecule has 0 aromatic rings. The summed E-state index contributed by atoms with van der Waals surface area (Å²) in [6, 6.07) is -4.82. The minimum atomic E-state index is -2.31. The van der Waals surface area contributed by atoms with Gasteiger partial charge in [0.15, 0.2) is 44.0 Å². The lowest BCUT2D eigenvalue weighted by Crippen LogP contribution is -2.71. The van der Waals surface area contributed by atoms with E-state index >= 15 is 0 Å². The number of aliphatic hydroxyl groups is 21. The highest BCUT2D eigenvalue weighted by Crippen LogP contribution is 2.39. The van der Waals surface area contributed by atoms with Gasteiger partial charge in [0, 0.05) is 20.3 Å². The van der Waals surface area contributed by atoms with Crippen molar-refractivity contribution in [3.63, 3.8) is 0 Å². The van der Waals surface area contributed by atoms with E-state index in [4.69, 9.17) is 66.3 Å². The van der Waals surface area contributed by atoms with Crippen LogP contribution in [0.15, 0.2) is 12.2 Å². The highest BCUT2D eigenvalue weighted by atomic mass is 16.8. The lowest BCUT2D eigenvalue weighted by Gasteiger charge is -2.51. The zero-order chi connectivity index (χ0) is 88.6. The van der Waals surface area contributed by atoms with E-state index in [9.17, 15) is 122 Å². The van der Waals surface area contributed by atoms with Gasteiger partial charge in [0.1, 0.15) is 171 Å². The van der Waals surface area contributed by atoms with Crippen molar-refractivity contribution in [2.24, 2.45) is 0 Å². The standard InChI is InChI=1S/C80H143N3O38/c1-5-7-9-11-13-15-17-19-21-23-25-27-29-31-44(93)43(83-52(94)32-30-28-26-24-22-20-18-16-14-12-10-8-6-2)40-108-76-64(104)62(102)70(51(39-90)115-76)118-80-66(106)72(57(97)47(35-86)112-80)120-75-53(81-41(3)91)59(99)68(49(37-88)113-75)116-78-65(105)71(56(96)46(34-85)110-78)119-74-54(82-42(4)92)60(100)69(50(38-89)114-74)117-79-67(107)73(58(98)48(36-87)111-79)121-77-63(103)61(101)55(95)45(33-84)109-77/h29,31,43-51,53-80,84-90,93,95-107H,5-28,30,32-40H2,1-4H3,(H,81,91)(H,82,92)(H,83,94)/b31-29+/t43-,44+,45?,46?,47?,48?,49?,50?,51?,53?,54?,55-,56-,57-,58-,59+,60+,61-,62+,63?,64?,65?,66?,67?,68+,69+,70+,71-,72-,73-,74-,75-,76+,77+,78-,79-,80-/m0/s1. The molecule has 7 heterocycles. The summed E-state index contributed by atoms with van der Waals surface area (Å²) in [5.41, 5.74) is 0. The first kappa shape index (κ1) is 105. The van der Waals surface area contributed by atoms with Crippen LogP contribution in [0.2, 0.25) is 0 Å². The minimum Gasteiger partial charge on any atom is -0.394 e. The van der Waals surface area contributed by atoms with E-state index in [1.54, 1.807) is 6.08 Å². The number of ether oxygens (including phenoxy) is 14. The van der Waals surface area contributed by atoms with E-state index in [1.807, 2.05) is 6.08 Å². The van der Waals surface area contributed by atoms with Crippen LogP contribution in [0.5, 0.6) is 0 Å². The number of nitrogens with one attached hydrogen (secondary N) is 3. The maximum Gasteiger partial charge on any atom is 0.220 e. The summed E-state index contributed by atoms with van der Waals surface area (Å²) < 4.78 is 82.4. The number of carbonyl (C=O) groups is 3. The molecule has 14 unspecified atom stereocenters. The van der Waals surface area contributed by atoms with Crippen molar-refractivity contribution in [2.45, 2.75) is 422 Å². The summed E-state index contributed by atoms with van der Waals surface area (Å²) in [4.78, 5) is 39.4. The predicted octanol–water partition coefficient (Wildman–Crippen LogP) is -5.38. The van der Waals surface area contributed by atoms with Gasteiger partial charge in [-0.1, -0.05) is 167 Å². The van der Waals surface area contributed by atoms with Gasteiger partial charge < -0.3 is 190 Å². The summed E-state index contributed by atoms with van der Waals surface area (Å²) in [6.45, 7) is -1.27. The maximum absolute atomic E-state index is 13.5. The van der Waals surface area contributed by atoms with Crippen LogP contribution >= 0.6 is 0 Å². The summed E-state index contributed by atoms with van der Waals surface area (Å²) >= 11 is 0. The van der Waals surface area contributed by atoms with Gasteiger partial charge in [-0.25, -0.2) is 0 Å². The second kappa shape index (κ2) is 54.3. The van der Waals surface area contributed by atoms with Crippen molar-refractivity contribution < 1.29 is 188 Å². The van der Waals surface area contributed by atoms with Crippen LogP contribution in [0.3, 0.4) is 0 Å². The molecule has 0 radical (unpaired) electrons. The van der Waals surface area contributed by atoms with Gasteiger partial charge in [0.05, 0.1) is 65.0 Å². The highest BCUT2D eigenvalue weighted by Gasteiger charge is 2.60. The van der Waals surface area contributed by atoms with Crippen LogP contribution in [0, 0.1) is 0 Å². The number of hydrogen-bond acceptors (Lipinski definition) is 38. The summed E-state index contributed by atoms with van der Waals surface area (Å²) in [7, 11) is 0. The molecule has 24 N–H and O–H groups in total. The smallest absolute Gasteiger partial charge is 0.220 e. The molecule has 0 bridgehead atoms. The largest absolute Gasteiger partial charge is 0.394 e. The molecular formula is C80H143N3O38. The van der Waals surface area contributed by atoms with Crippen LogP contribution in [0.1, 0.15) is 195 Å². The van der Waals surface area contributed by atoms with Crippen molar-refractivity contribution in [1.82, 2.24) is 16.0 Å². The fourth-order valence-corrected chi connectivity index (χ4v) is 16.2. The summed E-state index contributed by atoms with van der Waals surface area (Å²) in [5.74, 6) is -2.14. The van der Waals surface area contributed by atoms with Crippen LogP contribution in [-0.2, 0) is 80.7 Å². The Kier molecular flexibility index (Phi) is 47.0. The van der Waals surface area contributed by atoms with Crippen LogP contribution in [-0.4, -0.2) is 405 Å². The molecule has 0 spiro atoms. The molecule has 37 atom stereocenters. The monoisotopic (exact) mass is 1750 g/mol. The molecule has 7 saturated heterocycles. The van der Waals surface area contributed by atoms with Gasteiger partial charge >= 0.3 is 0 Å². The molecule has 121 heavy (non-hydrogen) atoms. The Bertz CT molecular complexity index is 2890. The number of aliphatic hydroxyl groups excluding tert-OH is 21. The minimum absolute atomic E-state index is 0.164. The molecule has 7 rings (SSSR count). The summed E-state index contributed by atoms with van der Waals surface area (Å²) in [6.07, 6.45) is -34.8. The average Bonchev–Trinajstić information content (AvgIpc) is 0.764.